The van der Waals surface area contributed by atoms with E-state index in [1.807, 2.05) is 56.3 Å². The van der Waals surface area contributed by atoms with E-state index in [9.17, 15) is 4.79 Å². The molecule has 1 atom stereocenters. The monoisotopic (exact) mass is 313 g/mol. The van der Waals surface area contributed by atoms with Crippen LogP contribution in [0.5, 0.6) is 11.5 Å². The topological polar surface area (TPSA) is 47.6 Å². The normalized spacial score (nSPS) is 11.6. The molecule has 122 valence electrons. The average Bonchev–Trinajstić information content (AvgIpc) is 2.51. The number of rotatable bonds is 7. The van der Waals surface area contributed by atoms with Crippen LogP contribution < -0.4 is 14.8 Å². The summed E-state index contributed by atoms with van der Waals surface area (Å²) in [5, 5.41) is 2.81. The van der Waals surface area contributed by atoms with Crippen LogP contribution in [0.1, 0.15) is 18.1 Å². The van der Waals surface area contributed by atoms with Gasteiger partial charge in [-0.2, -0.15) is 0 Å². The maximum atomic E-state index is 12.0. The van der Waals surface area contributed by atoms with E-state index >= 15 is 0 Å². The Hall–Kier alpha value is -2.49. The molecule has 1 amide bonds. The van der Waals surface area contributed by atoms with E-state index in [1.54, 1.807) is 6.92 Å². The molecule has 0 unspecified atom stereocenters. The SMILES string of the molecule is Cc1cc(C)cc(O[C@H](C)C(=O)NCCOc2ccccc2)c1. The molecule has 23 heavy (non-hydrogen) atoms. The Bertz CT molecular complexity index is 620. The second-order valence-corrected chi connectivity index (χ2v) is 5.54. The standard InChI is InChI=1S/C19H23NO3/c1-14-11-15(2)13-18(12-14)23-16(3)19(21)20-9-10-22-17-7-5-4-6-8-17/h4-8,11-13,16H,9-10H2,1-3H3,(H,20,21)/t16-/m1/s1. The quantitative estimate of drug-likeness (QED) is 0.798. The highest BCUT2D eigenvalue weighted by Gasteiger charge is 2.14. The zero-order chi connectivity index (χ0) is 16.7. The van der Waals surface area contributed by atoms with Gasteiger partial charge in [-0.3, -0.25) is 4.79 Å². The molecule has 0 heterocycles. The Morgan fingerprint density at radius 1 is 1.04 bits per heavy atom. The lowest BCUT2D eigenvalue weighted by molar-refractivity contribution is -0.127. The first-order valence-corrected chi connectivity index (χ1v) is 7.75. The van der Waals surface area contributed by atoms with Crippen LogP contribution >= 0.6 is 0 Å². The van der Waals surface area contributed by atoms with Crippen molar-refractivity contribution >= 4 is 5.91 Å². The van der Waals surface area contributed by atoms with Gasteiger partial charge in [-0.1, -0.05) is 24.3 Å². The van der Waals surface area contributed by atoms with Gasteiger partial charge >= 0.3 is 0 Å². The summed E-state index contributed by atoms with van der Waals surface area (Å²) in [7, 11) is 0. The van der Waals surface area contributed by atoms with Crippen molar-refractivity contribution in [2.24, 2.45) is 0 Å². The van der Waals surface area contributed by atoms with Gasteiger partial charge in [-0.25, -0.2) is 0 Å². The molecule has 0 bridgehead atoms. The molecule has 0 saturated carbocycles. The van der Waals surface area contributed by atoms with Crippen molar-refractivity contribution in [2.45, 2.75) is 26.9 Å². The Labute approximate surface area is 137 Å². The zero-order valence-electron chi connectivity index (χ0n) is 13.8. The first-order valence-electron chi connectivity index (χ1n) is 7.75. The highest BCUT2D eigenvalue weighted by atomic mass is 16.5. The summed E-state index contributed by atoms with van der Waals surface area (Å²) in [5.74, 6) is 1.35. The van der Waals surface area contributed by atoms with Crippen LogP contribution in [0, 0.1) is 13.8 Å². The molecular weight excluding hydrogens is 290 g/mol. The van der Waals surface area contributed by atoms with Crippen molar-refractivity contribution in [3.63, 3.8) is 0 Å². The van der Waals surface area contributed by atoms with Gasteiger partial charge in [0.25, 0.3) is 5.91 Å². The summed E-state index contributed by atoms with van der Waals surface area (Å²) in [4.78, 5) is 12.0. The number of benzene rings is 2. The second kappa shape index (κ2) is 8.22. The van der Waals surface area contributed by atoms with Crippen molar-refractivity contribution in [3.8, 4) is 11.5 Å². The highest BCUT2D eigenvalue weighted by molar-refractivity contribution is 5.80. The highest BCUT2D eigenvalue weighted by Crippen LogP contribution is 2.17. The van der Waals surface area contributed by atoms with Gasteiger partial charge in [0.05, 0.1) is 6.54 Å². The third-order valence-electron chi connectivity index (χ3n) is 3.29. The molecule has 1 N–H and O–H groups in total. The van der Waals surface area contributed by atoms with Gasteiger partial charge in [0.2, 0.25) is 0 Å². The van der Waals surface area contributed by atoms with Crippen molar-refractivity contribution in [3.05, 3.63) is 59.7 Å². The van der Waals surface area contributed by atoms with Crippen LogP contribution in [-0.2, 0) is 4.79 Å². The predicted octanol–water partition coefficient (Wildman–Crippen LogP) is 3.27. The van der Waals surface area contributed by atoms with E-state index in [2.05, 4.69) is 11.4 Å². The molecule has 4 nitrogen and oxygen atoms in total. The molecule has 0 radical (unpaired) electrons. The number of carbonyl (C=O) groups excluding carboxylic acids is 1. The molecule has 2 aromatic rings. The number of carbonyl (C=O) groups is 1. The average molecular weight is 313 g/mol. The predicted molar refractivity (Wildman–Crippen MR) is 91.0 cm³/mol. The minimum absolute atomic E-state index is 0.152. The van der Waals surface area contributed by atoms with Gasteiger partial charge in [0.1, 0.15) is 18.1 Å². The van der Waals surface area contributed by atoms with Crippen LogP contribution in [0.4, 0.5) is 0 Å². The fourth-order valence-electron chi connectivity index (χ4n) is 2.26. The third kappa shape index (κ3) is 5.66. The fraction of sp³-hybridized carbons (Fsp3) is 0.316. The van der Waals surface area contributed by atoms with Gasteiger partial charge in [-0.05, 0) is 56.2 Å². The van der Waals surface area contributed by atoms with Gasteiger partial charge in [-0.15, -0.1) is 0 Å². The van der Waals surface area contributed by atoms with E-state index in [4.69, 9.17) is 9.47 Å². The Morgan fingerprint density at radius 2 is 1.70 bits per heavy atom. The summed E-state index contributed by atoms with van der Waals surface area (Å²) >= 11 is 0. The van der Waals surface area contributed by atoms with Crippen molar-refractivity contribution < 1.29 is 14.3 Å². The summed E-state index contributed by atoms with van der Waals surface area (Å²) in [6.07, 6.45) is -0.548. The molecule has 0 saturated heterocycles. The summed E-state index contributed by atoms with van der Waals surface area (Å²) in [5.41, 5.74) is 2.23. The van der Waals surface area contributed by atoms with Crippen LogP contribution in [0.15, 0.2) is 48.5 Å². The number of nitrogens with one attached hydrogen (secondary N) is 1. The Morgan fingerprint density at radius 3 is 2.35 bits per heavy atom. The first-order chi connectivity index (χ1) is 11.0. The molecule has 0 aliphatic heterocycles. The largest absolute Gasteiger partial charge is 0.492 e. The molecule has 0 aromatic heterocycles. The van der Waals surface area contributed by atoms with E-state index in [0.29, 0.717) is 18.9 Å². The lowest BCUT2D eigenvalue weighted by Gasteiger charge is -2.16. The van der Waals surface area contributed by atoms with Crippen molar-refractivity contribution in [2.75, 3.05) is 13.2 Å². The first kappa shape index (κ1) is 16.9. The lowest BCUT2D eigenvalue weighted by atomic mass is 10.1. The molecule has 0 aliphatic carbocycles. The zero-order valence-corrected chi connectivity index (χ0v) is 13.8. The van der Waals surface area contributed by atoms with Gasteiger partial charge < -0.3 is 14.8 Å². The number of para-hydroxylation sites is 1. The maximum absolute atomic E-state index is 12.0. The van der Waals surface area contributed by atoms with Crippen LogP contribution in [-0.4, -0.2) is 25.2 Å². The summed E-state index contributed by atoms with van der Waals surface area (Å²) in [6.45, 7) is 6.61. The molecule has 0 spiro atoms. The van der Waals surface area contributed by atoms with E-state index in [-0.39, 0.29) is 5.91 Å². The van der Waals surface area contributed by atoms with Crippen LogP contribution in [0.3, 0.4) is 0 Å². The maximum Gasteiger partial charge on any atom is 0.260 e. The molecule has 2 aromatic carbocycles. The molecule has 0 aliphatic rings. The van der Waals surface area contributed by atoms with Crippen LogP contribution in [0.25, 0.3) is 0 Å². The number of aryl methyl sites for hydroxylation is 2. The van der Waals surface area contributed by atoms with Crippen molar-refractivity contribution in [1.29, 1.82) is 0 Å². The summed E-state index contributed by atoms with van der Waals surface area (Å²) in [6, 6.07) is 15.4. The molecule has 2 rings (SSSR count). The van der Waals surface area contributed by atoms with Gasteiger partial charge in [0.15, 0.2) is 6.10 Å². The van der Waals surface area contributed by atoms with Crippen LogP contribution in [0.2, 0.25) is 0 Å². The molecule has 0 fully saturated rings. The van der Waals surface area contributed by atoms with Crippen molar-refractivity contribution in [1.82, 2.24) is 5.32 Å². The number of hydrogen-bond acceptors (Lipinski definition) is 3. The minimum Gasteiger partial charge on any atom is -0.492 e. The third-order valence-corrected chi connectivity index (χ3v) is 3.29. The number of amides is 1. The number of ether oxygens (including phenoxy) is 2. The van der Waals surface area contributed by atoms with E-state index in [0.717, 1.165) is 16.9 Å². The summed E-state index contributed by atoms with van der Waals surface area (Å²) < 4.78 is 11.2. The second-order valence-electron chi connectivity index (χ2n) is 5.54. The Balaban J connectivity index is 1.74. The molecule has 4 heteroatoms. The number of hydrogen-bond donors (Lipinski definition) is 1. The fourth-order valence-corrected chi connectivity index (χ4v) is 2.26. The van der Waals surface area contributed by atoms with E-state index < -0.39 is 6.10 Å². The smallest absolute Gasteiger partial charge is 0.260 e. The Kier molecular flexibility index (Phi) is 6.03. The molecular formula is C19H23NO3. The lowest BCUT2D eigenvalue weighted by Crippen LogP contribution is -2.38. The van der Waals surface area contributed by atoms with Gasteiger partial charge in [0, 0.05) is 0 Å². The van der Waals surface area contributed by atoms with E-state index in [1.165, 1.54) is 0 Å². The minimum atomic E-state index is -0.548.